The molecule has 0 fully saturated rings. The SMILES string of the molecule is CCCCCCCCCCCCCCC(C)CCCCCCCC(C)CCCC(C)CC. The van der Waals surface area contributed by atoms with Crippen LogP contribution >= 0.6 is 0 Å². The number of hydrogen-bond acceptors (Lipinski definition) is 0. The highest BCUT2D eigenvalue weighted by Gasteiger charge is 2.05. The van der Waals surface area contributed by atoms with Gasteiger partial charge in [-0.25, -0.2) is 0 Å². The Morgan fingerprint density at radius 2 is 0.594 bits per heavy atom. The fraction of sp³-hybridized carbons (Fsp3) is 1.00. The molecule has 0 aliphatic rings. The maximum Gasteiger partial charge on any atom is -0.0443 e. The number of unbranched alkanes of at least 4 members (excludes halogenated alkanes) is 15. The van der Waals surface area contributed by atoms with E-state index in [0.717, 1.165) is 17.8 Å². The maximum atomic E-state index is 2.50. The van der Waals surface area contributed by atoms with Crippen LogP contribution in [0.1, 0.15) is 189 Å². The van der Waals surface area contributed by atoms with E-state index in [-0.39, 0.29) is 0 Å². The third-order valence-electron chi connectivity index (χ3n) is 8.04. The van der Waals surface area contributed by atoms with Gasteiger partial charge < -0.3 is 0 Å². The summed E-state index contributed by atoms with van der Waals surface area (Å²) >= 11 is 0. The van der Waals surface area contributed by atoms with Gasteiger partial charge in [-0.15, -0.1) is 0 Å². The van der Waals surface area contributed by atoms with Crippen molar-refractivity contribution in [3.8, 4) is 0 Å². The number of rotatable bonds is 26. The summed E-state index contributed by atoms with van der Waals surface area (Å²) in [4.78, 5) is 0. The van der Waals surface area contributed by atoms with Crippen LogP contribution in [-0.2, 0) is 0 Å². The highest BCUT2D eigenvalue weighted by molar-refractivity contribution is 4.59. The van der Waals surface area contributed by atoms with Gasteiger partial charge in [0.25, 0.3) is 0 Å². The summed E-state index contributed by atoms with van der Waals surface area (Å²) in [5.41, 5.74) is 0. The fourth-order valence-electron chi connectivity index (χ4n) is 5.16. The second kappa shape index (κ2) is 25.6. The van der Waals surface area contributed by atoms with E-state index in [1.807, 2.05) is 0 Å². The van der Waals surface area contributed by atoms with Crippen molar-refractivity contribution < 1.29 is 0 Å². The first-order valence-electron chi connectivity index (χ1n) is 15.6. The molecule has 0 aliphatic carbocycles. The first kappa shape index (κ1) is 32.0. The lowest BCUT2D eigenvalue weighted by Gasteiger charge is -2.13. The van der Waals surface area contributed by atoms with Gasteiger partial charge in [-0.1, -0.05) is 189 Å². The highest BCUT2D eigenvalue weighted by atomic mass is 14.1. The zero-order valence-electron chi connectivity index (χ0n) is 23.7. The summed E-state index contributed by atoms with van der Waals surface area (Å²) in [7, 11) is 0. The van der Waals surface area contributed by atoms with E-state index in [4.69, 9.17) is 0 Å². The Morgan fingerprint density at radius 1 is 0.312 bits per heavy atom. The highest BCUT2D eigenvalue weighted by Crippen LogP contribution is 2.21. The fourth-order valence-corrected chi connectivity index (χ4v) is 5.16. The molecule has 0 heteroatoms. The minimum atomic E-state index is 0.935. The smallest absolute Gasteiger partial charge is 0.0443 e. The van der Waals surface area contributed by atoms with Crippen LogP contribution in [0.4, 0.5) is 0 Å². The third-order valence-corrected chi connectivity index (χ3v) is 8.04. The summed E-state index contributed by atoms with van der Waals surface area (Å²) in [6.45, 7) is 12.0. The summed E-state index contributed by atoms with van der Waals surface area (Å²) in [6.07, 6.45) is 35.1. The Kier molecular flexibility index (Phi) is 25.6. The van der Waals surface area contributed by atoms with Crippen molar-refractivity contribution in [2.75, 3.05) is 0 Å². The average Bonchev–Trinajstić information content (AvgIpc) is 2.79. The van der Waals surface area contributed by atoms with Crippen molar-refractivity contribution >= 4 is 0 Å². The Bertz CT molecular complexity index is 333. The second-order valence-electron chi connectivity index (χ2n) is 11.7. The van der Waals surface area contributed by atoms with Crippen molar-refractivity contribution in [3.63, 3.8) is 0 Å². The van der Waals surface area contributed by atoms with Gasteiger partial charge in [-0.3, -0.25) is 0 Å². The van der Waals surface area contributed by atoms with Crippen LogP contribution in [-0.4, -0.2) is 0 Å². The molecule has 32 heavy (non-hydrogen) atoms. The van der Waals surface area contributed by atoms with Crippen LogP contribution in [0.3, 0.4) is 0 Å². The van der Waals surface area contributed by atoms with Gasteiger partial charge in [0.15, 0.2) is 0 Å². The Morgan fingerprint density at radius 3 is 0.938 bits per heavy atom. The van der Waals surface area contributed by atoms with E-state index in [1.54, 1.807) is 0 Å². The van der Waals surface area contributed by atoms with Crippen LogP contribution in [0.25, 0.3) is 0 Å². The zero-order valence-corrected chi connectivity index (χ0v) is 23.7. The molecule has 0 saturated heterocycles. The van der Waals surface area contributed by atoms with Crippen LogP contribution in [0.2, 0.25) is 0 Å². The van der Waals surface area contributed by atoms with Crippen LogP contribution in [0.5, 0.6) is 0 Å². The van der Waals surface area contributed by atoms with Gasteiger partial charge in [0, 0.05) is 0 Å². The molecule has 0 amide bonds. The van der Waals surface area contributed by atoms with Crippen LogP contribution in [0.15, 0.2) is 0 Å². The molecule has 0 radical (unpaired) electrons. The van der Waals surface area contributed by atoms with E-state index < -0.39 is 0 Å². The van der Waals surface area contributed by atoms with Gasteiger partial charge in [0.05, 0.1) is 0 Å². The molecule has 0 aromatic heterocycles. The van der Waals surface area contributed by atoms with Crippen molar-refractivity contribution in [2.24, 2.45) is 17.8 Å². The molecule has 0 aromatic rings. The maximum absolute atomic E-state index is 2.50. The zero-order chi connectivity index (χ0) is 23.7. The first-order chi connectivity index (χ1) is 15.6. The van der Waals surface area contributed by atoms with Crippen LogP contribution in [0, 0.1) is 17.8 Å². The molecule has 0 aliphatic heterocycles. The van der Waals surface area contributed by atoms with Crippen LogP contribution < -0.4 is 0 Å². The minimum Gasteiger partial charge on any atom is -0.0654 e. The lowest BCUT2D eigenvalue weighted by atomic mass is 9.93. The summed E-state index contributed by atoms with van der Waals surface area (Å²) in [5.74, 6) is 2.85. The van der Waals surface area contributed by atoms with E-state index >= 15 is 0 Å². The second-order valence-corrected chi connectivity index (χ2v) is 11.7. The monoisotopic (exact) mass is 451 g/mol. The standard InChI is InChI=1S/C32H66/c1-6-8-9-10-11-12-13-14-15-16-18-21-25-31(4)26-22-19-17-20-23-27-32(5)29-24-28-30(3)7-2/h30-32H,6-29H2,1-5H3. The molecule has 3 unspecified atom stereocenters. The lowest BCUT2D eigenvalue weighted by Crippen LogP contribution is -1.98. The van der Waals surface area contributed by atoms with Gasteiger partial charge >= 0.3 is 0 Å². The minimum absolute atomic E-state index is 0.935. The summed E-state index contributed by atoms with van der Waals surface area (Å²) < 4.78 is 0. The summed E-state index contributed by atoms with van der Waals surface area (Å²) in [6, 6.07) is 0. The van der Waals surface area contributed by atoms with Gasteiger partial charge in [-0.2, -0.15) is 0 Å². The molecule has 0 nitrogen and oxygen atoms in total. The Hall–Kier alpha value is 0. The topological polar surface area (TPSA) is 0 Å². The molecule has 3 atom stereocenters. The quantitative estimate of drug-likeness (QED) is 0.115. The van der Waals surface area contributed by atoms with E-state index in [1.165, 1.54) is 154 Å². The van der Waals surface area contributed by atoms with Gasteiger partial charge in [0.1, 0.15) is 0 Å². The van der Waals surface area contributed by atoms with Gasteiger partial charge in [-0.05, 0) is 17.8 Å². The Balaban J connectivity index is 3.26. The predicted molar refractivity (Wildman–Crippen MR) is 150 cm³/mol. The average molecular weight is 451 g/mol. The largest absolute Gasteiger partial charge is 0.0654 e. The molecular formula is C32H66. The normalized spacial score (nSPS) is 14.5. The molecule has 194 valence electrons. The first-order valence-corrected chi connectivity index (χ1v) is 15.6. The lowest BCUT2D eigenvalue weighted by molar-refractivity contribution is 0.401. The molecule has 0 N–H and O–H groups in total. The molecule has 0 rings (SSSR count). The van der Waals surface area contributed by atoms with E-state index in [9.17, 15) is 0 Å². The predicted octanol–water partition coefficient (Wildman–Crippen LogP) is 12.3. The molecular weight excluding hydrogens is 384 g/mol. The van der Waals surface area contributed by atoms with Crippen molar-refractivity contribution in [1.82, 2.24) is 0 Å². The molecule has 0 spiro atoms. The molecule has 0 heterocycles. The molecule has 0 aromatic carbocycles. The van der Waals surface area contributed by atoms with Gasteiger partial charge in [0.2, 0.25) is 0 Å². The van der Waals surface area contributed by atoms with Crippen molar-refractivity contribution in [3.05, 3.63) is 0 Å². The molecule has 0 saturated carbocycles. The number of hydrogen-bond donors (Lipinski definition) is 0. The Labute approximate surface area is 206 Å². The van der Waals surface area contributed by atoms with E-state index in [2.05, 4.69) is 34.6 Å². The molecule has 0 bridgehead atoms. The summed E-state index contributed by atoms with van der Waals surface area (Å²) in [5, 5.41) is 0. The van der Waals surface area contributed by atoms with Crippen molar-refractivity contribution in [1.29, 1.82) is 0 Å². The van der Waals surface area contributed by atoms with E-state index in [0.29, 0.717) is 0 Å². The van der Waals surface area contributed by atoms with Crippen molar-refractivity contribution in [2.45, 2.75) is 189 Å². The third kappa shape index (κ3) is 24.6.